The van der Waals surface area contributed by atoms with Crippen molar-refractivity contribution in [3.8, 4) is 0 Å². The summed E-state index contributed by atoms with van der Waals surface area (Å²) in [5, 5.41) is 9.05. The molecule has 1 amide bonds. The summed E-state index contributed by atoms with van der Waals surface area (Å²) in [5.41, 5.74) is 0. The van der Waals surface area contributed by atoms with Crippen LogP contribution in [0.4, 0.5) is 17.8 Å². The zero-order valence-corrected chi connectivity index (χ0v) is 21.5. The molecule has 184 valence electrons. The number of aromatic nitrogens is 5. The highest BCUT2D eigenvalue weighted by Gasteiger charge is 2.26. The second kappa shape index (κ2) is 11.0. The van der Waals surface area contributed by atoms with Crippen LogP contribution in [0.1, 0.15) is 43.5 Å². The molecule has 3 aliphatic heterocycles. The Balaban J connectivity index is 1.25. The van der Waals surface area contributed by atoms with Gasteiger partial charge in [-0.15, -0.1) is 10.2 Å². The number of nitrogens with zero attached hydrogens (tertiary/aromatic N) is 9. The monoisotopic (exact) mass is 503 g/mol. The number of piperazine rings is 1. The van der Waals surface area contributed by atoms with Crippen molar-refractivity contribution in [1.29, 1.82) is 0 Å². The Morgan fingerprint density at radius 3 is 1.71 bits per heavy atom. The van der Waals surface area contributed by atoms with E-state index in [1.807, 2.05) is 11.8 Å². The summed E-state index contributed by atoms with van der Waals surface area (Å²) in [4.78, 5) is 36.2. The van der Waals surface area contributed by atoms with Gasteiger partial charge in [-0.05, 0) is 45.4 Å². The number of piperidine rings is 2. The third-order valence-corrected chi connectivity index (χ3v) is 8.58. The van der Waals surface area contributed by atoms with E-state index in [-0.39, 0.29) is 5.91 Å². The van der Waals surface area contributed by atoms with Crippen LogP contribution in [0.5, 0.6) is 0 Å². The largest absolute Gasteiger partial charge is 0.341 e. The third kappa shape index (κ3) is 5.70. The predicted molar refractivity (Wildman–Crippen MR) is 136 cm³/mol. The summed E-state index contributed by atoms with van der Waals surface area (Å²) in [5.74, 6) is 2.93. The van der Waals surface area contributed by atoms with Crippen LogP contribution in [0.2, 0.25) is 0 Å². The predicted octanol–water partition coefficient (Wildman–Crippen LogP) is 2.45. The molecule has 0 spiro atoms. The first-order valence-electron chi connectivity index (χ1n) is 12.4. The van der Waals surface area contributed by atoms with Crippen molar-refractivity contribution in [3.05, 3.63) is 5.01 Å². The van der Waals surface area contributed by atoms with Crippen LogP contribution in [-0.4, -0.2) is 94.1 Å². The van der Waals surface area contributed by atoms with Gasteiger partial charge in [0.05, 0.1) is 5.75 Å². The number of amides is 1. The summed E-state index contributed by atoms with van der Waals surface area (Å²) in [7, 11) is 0. The number of anilines is 3. The maximum absolute atomic E-state index is 12.7. The summed E-state index contributed by atoms with van der Waals surface area (Å²) in [6.45, 7) is 8.80. The van der Waals surface area contributed by atoms with Gasteiger partial charge in [0.1, 0.15) is 5.01 Å². The second-order valence-electron chi connectivity index (χ2n) is 9.07. The molecule has 12 heteroatoms. The van der Waals surface area contributed by atoms with Crippen LogP contribution in [0.15, 0.2) is 4.34 Å². The average molecular weight is 504 g/mol. The molecule has 2 aromatic rings. The number of hydrogen-bond donors (Lipinski definition) is 0. The third-order valence-electron chi connectivity index (χ3n) is 6.62. The van der Waals surface area contributed by atoms with Gasteiger partial charge in [-0.3, -0.25) is 4.79 Å². The van der Waals surface area contributed by atoms with Gasteiger partial charge in [0.15, 0.2) is 4.34 Å². The van der Waals surface area contributed by atoms with Gasteiger partial charge >= 0.3 is 0 Å². The molecule has 0 N–H and O–H groups in total. The molecule has 5 heterocycles. The quantitative estimate of drug-likeness (QED) is 0.547. The number of carbonyl (C=O) groups excluding carboxylic acids is 1. The Morgan fingerprint density at radius 2 is 1.24 bits per heavy atom. The van der Waals surface area contributed by atoms with Gasteiger partial charge in [0.2, 0.25) is 23.8 Å². The van der Waals surface area contributed by atoms with Crippen molar-refractivity contribution in [3.63, 3.8) is 0 Å². The van der Waals surface area contributed by atoms with Crippen LogP contribution in [0.3, 0.4) is 0 Å². The van der Waals surface area contributed by atoms with E-state index in [2.05, 4.69) is 24.9 Å². The van der Waals surface area contributed by atoms with Gasteiger partial charge in [-0.25, -0.2) is 0 Å². The zero-order chi connectivity index (χ0) is 23.3. The van der Waals surface area contributed by atoms with Crippen molar-refractivity contribution in [2.45, 2.75) is 49.8 Å². The lowest BCUT2D eigenvalue weighted by atomic mass is 10.1. The lowest BCUT2D eigenvalue weighted by Gasteiger charge is -2.36. The average Bonchev–Trinajstić information content (AvgIpc) is 3.33. The number of aryl methyl sites for hydroxylation is 1. The Bertz CT molecular complexity index is 931. The van der Waals surface area contributed by atoms with E-state index >= 15 is 0 Å². The van der Waals surface area contributed by atoms with E-state index in [0.717, 1.165) is 66.5 Å². The molecule has 3 saturated heterocycles. The maximum atomic E-state index is 12.7. The van der Waals surface area contributed by atoms with E-state index in [9.17, 15) is 4.79 Å². The topological polar surface area (TPSA) is 94.5 Å². The molecule has 0 bridgehead atoms. The van der Waals surface area contributed by atoms with Crippen LogP contribution in [0, 0.1) is 6.92 Å². The molecule has 3 aliphatic rings. The molecular weight excluding hydrogens is 470 g/mol. The minimum atomic E-state index is 0.149. The first-order chi connectivity index (χ1) is 16.7. The Labute approximate surface area is 209 Å². The highest BCUT2D eigenvalue weighted by Crippen LogP contribution is 2.25. The number of thioether (sulfide) groups is 1. The molecule has 10 nitrogen and oxygen atoms in total. The van der Waals surface area contributed by atoms with Crippen LogP contribution < -0.4 is 14.7 Å². The van der Waals surface area contributed by atoms with E-state index in [1.54, 1.807) is 0 Å². The molecule has 34 heavy (non-hydrogen) atoms. The molecular formula is C22H33N9OS2. The summed E-state index contributed by atoms with van der Waals surface area (Å²) < 4.78 is 0.852. The van der Waals surface area contributed by atoms with Crippen LogP contribution in [0.25, 0.3) is 0 Å². The highest BCUT2D eigenvalue weighted by molar-refractivity contribution is 8.01. The minimum absolute atomic E-state index is 0.149. The van der Waals surface area contributed by atoms with Crippen molar-refractivity contribution in [2.75, 3.05) is 72.8 Å². The Morgan fingerprint density at radius 1 is 0.735 bits per heavy atom. The fraction of sp³-hybridized carbons (Fsp3) is 0.727. The SMILES string of the molecule is Cc1nnc(SCC(=O)N2CCN(c3nc(N4CCCCC4)nc(N4CCCCC4)n3)CC2)s1. The standard InChI is InChI=1S/C22H33N9OS2/c1-17-26-27-22(34-17)33-16-18(32)28-12-14-31(15-13-28)21-24-19(29-8-4-2-5-9-29)23-20(25-21)30-10-6-3-7-11-30/h2-16H2,1H3. The lowest BCUT2D eigenvalue weighted by molar-refractivity contribution is -0.128. The van der Waals surface area contributed by atoms with Gasteiger partial charge in [-0.1, -0.05) is 23.1 Å². The number of rotatable bonds is 6. The van der Waals surface area contributed by atoms with Crippen LogP contribution >= 0.6 is 23.1 Å². The number of carbonyl (C=O) groups is 1. The molecule has 0 aliphatic carbocycles. The Hall–Kier alpha value is -2.21. The lowest BCUT2D eigenvalue weighted by Crippen LogP contribution is -2.50. The molecule has 0 unspecified atom stereocenters. The van der Waals surface area contributed by atoms with Crippen molar-refractivity contribution < 1.29 is 4.79 Å². The number of hydrogen-bond acceptors (Lipinski definition) is 11. The summed E-state index contributed by atoms with van der Waals surface area (Å²) in [6.07, 6.45) is 7.32. The van der Waals surface area contributed by atoms with Crippen molar-refractivity contribution >= 4 is 46.9 Å². The maximum Gasteiger partial charge on any atom is 0.233 e. The van der Waals surface area contributed by atoms with E-state index < -0.39 is 0 Å². The first kappa shape index (κ1) is 23.5. The minimum Gasteiger partial charge on any atom is -0.341 e. The van der Waals surface area contributed by atoms with Crippen molar-refractivity contribution in [1.82, 2.24) is 30.0 Å². The van der Waals surface area contributed by atoms with E-state index in [1.165, 1.54) is 61.6 Å². The van der Waals surface area contributed by atoms with E-state index in [4.69, 9.17) is 15.0 Å². The Kier molecular flexibility index (Phi) is 7.63. The smallest absolute Gasteiger partial charge is 0.233 e. The zero-order valence-electron chi connectivity index (χ0n) is 19.9. The van der Waals surface area contributed by atoms with Gasteiger partial charge < -0.3 is 19.6 Å². The molecule has 0 radical (unpaired) electrons. The fourth-order valence-electron chi connectivity index (χ4n) is 4.66. The highest BCUT2D eigenvalue weighted by atomic mass is 32.2. The van der Waals surface area contributed by atoms with Gasteiger partial charge in [0.25, 0.3) is 0 Å². The first-order valence-corrected chi connectivity index (χ1v) is 14.2. The van der Waals surface area contributed by atoms with Gasteiger partial charge in [-0.2, -0.15) is 15.0 Å². The molecule has 5 rings (SSSR count). The molecule has 0 aromatic carbocycles. The molecule has 0 atom stereocenters. The molecule has 3 fully saturated rings. The van der Waals surface area contributed by atoms with Crippen molar-refractivity contribution in [2.24, 2.45) is 0 Å². The van der Waals surface area contributed by atoms with E-state index in [0.29, 0.717) is 18.8 Å². The summed E-state index contributed by atoms with van der Waals surface area (Å²) >= 11 is 3.00. The normalized spacial score (nSPS) is 19.6. The van der Waals surface area contributed by atoms with Crippen LogP contribution in [-0.2, 0) is 4.79 Å². The second-order valence-corrected chi connectivity index (χ2v) is 11.5. The fourth-order valence-corrected chi connectivity index (χ4v) is 6.38. The van der Waals surface area contributed by atoms with Gasteiger partial charge in [0, 0.05) is 52.4 Å². The molecule has 2 aromatic heterocycles. The summed E-state index contributed by atoms with van der Waals surface area (Å²) in [6, 6.07) is 0. The molecule has 0 saturated carbocycles.